The van der Waals surface area contributed by atoms with Gasteiger partial charge in [-0.3, -0.25) is 0 Å². The number of alkyl halides is 1. The highest BCUT2D eigenvalue weighted by molar-refractivity contribution is 5.94. The Hall–Kier alpha value is -2.19. The lowest BCUT2D eigenvalue weighted by Crippen LogP contribution is -2.54. The van der Waals surface area contributed by atoms with Crippen molar-refractivity contribution in [2.24, 2.45) is 0 Å². The van der Waals surface area contributed by atoms with E-state index >= 15 is 0 Å². The van der Waals surface area contributed by atoms with Crippen LogP contribution in [-0.4, -0.2) is 58.4 Å². The third-order valence-electron chi connectivity index (χ3n) is 2.77. The molecule has 2 atom stereocenters. The summed E-state index contributed by atoms with van der Waals surface area (Å²) in [6, 6.07) is -1.75. The van der Waals surface area contributed by atoms with Gasteiger partial charge in [0.15, 0.2) is 12.5 Å². The monoisotopic (exact) mass is 404 g/mol. The third kappa shape index (κ3) is 10.2. The highest BCUT2D eigenvalue weighted by atomic mass is 18.2. The minimum absolute atomic E-state index is 0.0280. The Labute approximate surface area is 165 Å². The summed E-state index contributed by atoms with van der Waals surface area (Å²) in [5.41, 5.74) is -2.99. The molecule has 0 spiro atoms. The van der Waals surface area contributed by atoms with E-state index in [1.807, 2.05) is 0 Å². The first-order valence-electron chi connectivity index (χ1n) is 8.93. The predicted octanol–water partition coefficient (Wildman–Crippen LogP) is 3.80. The molecule has 0 aromatic rings. The molecule has 0 aromatic heterocycles. The molecule has 0 heterocycles. The van der Waals surface area contributed by atoms with E-state index in [0.717, 1.165) is 0 Å². The Morgan fingerprint density at radius 2 is 1.18 bits per heavy atom. The quantitative estimate of drug-likeness (QED) is 0.390. The Kier molecular flexibility index (Phi) is 8.61. The smallest absolute Gasteiger partial charge is 0.420 e. The highest BCUT2D eigenvalue weighted by Gasteiger charge is 2.43. The second kappa shape index (κ2) is 9.34. The maximum Gasteiger partial charge on any atom is 0.420 e. The van der Waals surface area contributed by atoms with Crippen molar-refractivity contribution in [2.75, 3.05) is 0 Å². The topological polar surface area (TPSA) is 99.2 Å². The maximum absolute atomic E-state index is 13.8. The number of halogens is 1. The second-order valence-corrected chi connectivity index (χ2v) is 9.27. The van der Waals surface area contributed by atoms with Gasteiger partial charge in [-0.05, 0) is 62.3 Å². The molecule has 0 rings (SSSR count). The summed E-state index contributed by atoms with van der Waals surface area (Å²) in [4.78, 5) is 49.1. The number of amides is 2. The number of nitrogens with zero attached hydrogens (tertiary/aromatic N) is 1. The number of hydrogen-bond acceptors (Lipinski definition) is 7. The van der Waals surface area contributed by atoms with E-state index in [4.69, 9.17) is 14.2 Å². The molecule has 162 valence electrons. The van der Waals surface area contributed by atoms with Crippen molar-refractivity contribution in [3.05, 3.63) is 0 Å². The third-order valence-corrected chi connectivity index (χ3v) is 2.77. The van der Waals surface area contributed by atoms with Crippen molar-refractivity contribution in [2.45, 2.75) is 97.8 Å². The standard InChI is InChI=1S/C19H32FNO7/c1-17(2,3)26-14(23)13(10-12(20)11-22)21(15(24)27-18(4,5)6)16(25)28-19(7,8)9/h11-13H,10H2,1-9H3/t12-,13-/m0/s1/i20-1. The largest absolute Gasteiger partial charge is 0.458 e. The molecule has 0 fully saturated rings. The number of aldehydes is 1. The number of imide groups is 1. The van der Waals surface area contributed by atoms with Crippen LogP contribution >= 0.6 is 0 Å². The van der Waals surface area contributed by atoms with E-state index in [1.165, 1.54) is 0 Å². The van der Waals surface area contributed by atoms with E-state index in [1.54, 1.807) is 62.3 Å². The summed E-state index contributed by atoms with van der Waals surface area (Å²) in [5.74, 6) is -1.06. The van der Waals surface area contributed by atoms with Gasteiger partial charge in [0.2, 0.25) is 0 Å². The van der Waals surface area contributed by atoms with E-state index < -0.39 is 53.6 Å². The summed E-state index contributed by atoms with van der Waals surface area (Å²) >= 11 is 0. The van der Waals surface area contributed by atoms with Crippen LogP contribution in [0.25, 0.3) is 0 Å². The summed E-state index contributed by atoms with van der Waals surface area (Å²) in [7, 11) is 0. The highest BCUT2D eigenvalue weighted by Crippen LogP contribution is 2.22. The van der Waals surface area contributed by atoms with Crippen molar-refractivity contribution < 1.29 is 37.8 Å². The van der Waals surface area contributed by atoms with Gasteiger partial charge in [-0.2, -0.15) is 4.90 Å². The van der Waals surface area contributed by atoms with E-state index in [9.17, 15) is 23.6 Å². The average Bonchev–Trinajstić information content (AvgIpc) is 2.40. The van der Waals surface area contributed by atoms with Crippen LogP contribution in [0, 0.1) is 0 Å². The van der Waals surface area contributed by atoms with Crippen LogP contribution in [0.5, 0.6) is 0 Å². The minimum atomic E-state index is -2.11. The van der Waals surface area contributed by atoms with Gasteiger partial charge >= 0.3 is 18.2 Å². The lowest BCUT2D eigenvalue weighted by molar-refractivity contribution is -0.161. The SMILES string of the molecule is CC(C)(C)OC(=O)[C@H](C[C@H]([18F])C=O)N(C(=O)OC(C)(C)C)C(=O)OC(C)(C)C. The summed E-state index contributed by atoms with van der Waals surface area (Å²) in [6.07, 6.45) is -5.34. The fraction of sp³-hybridized carbons (Fsp3) is 0.789. The van der Waals surface area contributed by atoms with Crippen molar-refractivity contribution in [1.82, 2.24) is 4.90 Å². The fourth-order valence-electron chi connectivity index (χ4n) is 1.90. The number of esters is 1. The van der Waals surface area contributed by atoms with Gasteiger partial charge in [0.1, 0.15) is 22.8 Å². The van der Waals surface area contributed by atoms with Crippen LogP contribution < -0.4 is 0 Å². The van der Waals surface area contributed by atoms with Crippen LogP contribution in [0.4, 0.5) is 14.0 Å². The average molecular weight is 404 g/mol. The summed E-state index contributed by atoms with van der Waals surface area (Å²) in [5, 5.41) is 0. The van der Waals surface area contributed by atoms with E-state index in [0.29, 0.717) is 4.90 Å². The van der Waals surface area contributed by atoms with Crippen molar-refractivity contribution >= 4 is 24.4 Å². The van der Waals surface area contributed by atoms with Crippen LogP contribution in [0.15, 0.2) is 0 Å². The molecule has 9 heteroatoms. The maximum atomic E-state index is 13.8. The molecule has 0 saturated carbocycles. The molecule has 8 nitrogen and oxygen atoms in total. The number of carbonyl (C=O) groups excluding carboxylic acids is 4. The van der Waals surface area contributed by atoms with Crippen molar-refractivity contribution in [3.63, 3.8) is 0 Å². The van der Waals surface area contributed by atoms with Crippen LogP contribution in [-0.2, 0) is 23.8 Å². The van der Waals surface area contributed by atoms with Gasteiger partial charge in [0.05, 0.1) is 0 Å². The fourth-order valence-corrected chi connectivity index (χ4v) is 1.90. The molecule has 0 radical (unpaired) electrons. The normalized spacial score (nSPS) is 14.5. The first-order valence-corrected chi connectivity index (χ1v) is 8.93. The van der Waals surface area contributed by atoms with E-state index in [-0.39, 0.29) is 6.29 Å². The molecule has 28 heavy (non-hydrogen) atoms. The number of hydrogen-bond donors (Lipinski definition) is 0. The molecule has 2 amide bonds. The number of rotatable bonds is 5. The Morgan fingerprint density at radius 1 is 0.821 bits per heavy atom. The summed E-state index contributed by atoms with van der Waals surface area (Å²) in [6.45, 7) is 14.1. The first-order chi connectivity index (χ1) is 12.4. The molecule has 0 N–H and O–H groups in total. The summed E-state index contributed by atoms with van der Waals surface area (Å²) < 4.78 is 29.4. The lowest BCUT2D eigenvalue weighted by Gasteiger charge is -2.33. The zero-order chi connectivity index (χ0) is 22.5. The van der Waals surface area contributed by atoms with Gasteiger partial charge < -0.3 is 19.0 Å². The lowest BCUT2D eigenvalue weighted by atomic mass is 10.1. The van der Waals surface area contributed by atoms with Crippen LogP contribution in [0.3, 0.4) is 0 Å². The van der Waals surface area contributed by atoms with Crippen LogP contribution in [0.1, 0.15) is 68.7 Å². The predicted molar refractivity (Wildman–Crippen MR) is 99.5 cm³/mol. The molecule has 0 aliphatic carbocycles. The molecular formula is C19H32FNO7. The molecule has 0 aromatic carbocycles. The number of ether oxygens (including phenoxy) is 3. The van der Waals surface area contributed by atoms with Crippen LogP contribution in [0.2, 0.25) is 0 Å². The second-order valence-electron chi connectivity index (χ2n) is 9.27. The Morgan fingerprint density at radius 3 is 1.46 bits per heavy atom. The van der Waals surface area contributed by atoms with Gasteiger partial charge in [-0.25, -0.2) is 18.8 Å². The molecule has 0 bridgehead atoms. The van der Waals surface area contributed by atoms with Crippen molar-refractivity contribution in [1.29, 1.82) is 0 Å². The number of carbonyl (C=O) groups is 4. The van der Waals surface area contributed by atoms with E-state index in [2.05, 4.69) is 0 Å². The first kappa shape index (κ1) is 25.8. The molecule has 0 unspecified atom stereocenters. The minimum Gasteiger partial charge on any atom is -0.458 e. The molecule has 0 aliphatic heterocycles. The zero-order valence-electron chi connectivity index (χ0n) is 18.1. The Bertz CT molecular complexity index is 557. The zero-order valence-corrected chi connectivity index (χ0v) is 18.1. The molecular weight excluding hydrogens is 372 g/mol. The van der Waals surface area contributed by atoms with Gasteiger partial charge in [0.25, 0.3) is 0 Å². The van der Waals surface area contributed by atoms with Gasteiger partial charge in [0, 0.05) is 6.42 Å². The molecule has 0 aliphatic rings. The van der Waals surface area contributed by atoms with Gasteiger partial charge in [-0.15, -0.1) is 0 Å². The van der Waals surface area contributed by atoms with Crippen molar-refractivity contribution in [3.8, 4) is 0 Å². The molecule has 0 saturated heterocycles. The van der Waals surface area contributed by atoms with Gasteiger partial charge in [-0.1, -0.05) is 0 Å². The Balaban J connectivity index is 6.10.